The summed E-state index contributed by atoms with van der Waals surface area (Å²) < 4.78 is 38.5. The fraction of sp³-hybridized carbons (Fsp3) is 0.500. The molecule has 0 radical (unpaired) electrons. The van der Waals surface area contributed by atoms with Gasteiger partial charge < -0.3 is 9.47 Å². The summed E-state index contributed by atoms with van der Waals surface area (Å²) >= 11 is 0. The molecule has 1 N–H and O–H groups in total. The van der Waals surface area contributed by atoms with Gasteiger partial charge in [-0.25, -0.2) is 13.1 Å². The molecule has 0 aliphatic carbocycles. The SMILES string of the molecule is COc1cc2c(cc1OC)CN(CCCCNS(=O)(=O)c1ccc(C(C)C)cc1)CC2.Cl. The number of rotatable bonds is 10. The molecule has 1 aliphatic heterocycles. The largest absolute Gasteiger partial charge is 0.493 e. The molecule has 0 aromatic heterocycles. The van der Waals surface area contributed by atoms with Gasteiger partial charge in [0.05, 0.1) is 19.1 Å². The van der Waals surface area contributed by atoms with E-state index in [0.29, 0.717) is 17.4 Å². The highest BCUT2D eigenvalue weighted by atomic mass is 35.5. The summed E-state index contributed by atoms with van der Waals surface area (Å²) in [4.78, 5) is 2.74. The van der Waals surface area contributed by atoms with E-state index in [1.807, 2.05) is 12.1 Å². The van der Waals surface area contributed by atoms with Crippen LogP contribution in [0, 0.1) is 0 Å². The Labute approximate surface area is 198 Å². The lowest BCUT2D eigenvalue weighted by molar-refractivity contribution is 0.248. The minimum atomic E-state index is -3.45. The van der Waals surface area contributed by atoms with Crippen LogP contribution < -0.4 is 14.2 Å². The Hall–Kier alpha value is -1.80. The van der Waals surface area contributed by atoms with E-state index in [2.05, 4.69) is 35.6 Å². The van der Waals surface area contributed by atoms with Crippen LogP contribution in [0.1, 0.15) is 49.3 Å². The van der Waals surface area contributed by atoms with E-state index in [9.17, 15) is 8.42 Å². The molecule has 0 amide bonds. The van der Waals surface area contributed by atoms with Gasteiger partial charge in [0.15, 0.2) is 11.5 Å². The third-order valence-corrected chi connectivity index (χ3v) is 7.32. The highest BCUT2D eigenvalue weighted by molar-refractivity contribution is 7.89. The summed E-state index contributed by atoms with van der Waals surface area (Å²) in [7, 11) is -0.133. The average Bonchev–Trinajstić information content (AvgIpc) is 2.77. The average molecular weight is 483 g/mol. The number of unbranched alkanes of at least 4 members (excludes halogenated alkanes) is 1. The van der Waals surface area contributed by atoms with Crippen LogP contribution in [0.4, 0.5) is 0 Å². The molecule has 2 aromatic carbocycles. The smallest absolute Gasteiger partial charge is 0.240 e. The lowest BCUT2D eigenvalue weighted by atomic mass is 9.98. The summed E-state index contributed by atoms with van der Waals surface area (Å²) in [6.07, 6.45) is 2.73. The van der Waals surface area contributed by atoms with Crippen LogP contribution in [0.15, 0.2) is 41.3 Å². The Morgan fingerprint density at radius 2 is 1.62 bits per heavy atom. The number of ether oxygens (including phenoxy) is 2. The molecule has 0 fully saturated rings. The van der Waals surface area contributed by atoms with Crippen molar-refractivity contribution in [3.63, 3.8) is 0 Å². The van der Waals surface area contributed by atoms with Gasteiger partial charge >= 0.3 is 0 Å². The first-order valence-corrected chi connectivity index (χ1v) is 12.4. The molecule has 0 atom stereocenters. The van der Waals surface area contributed by atoms with E-state index < -0.39 is 10.0 Å². The molecular formula is C24H35ClN2O4S. The number of hydrogen-bond donors (Lipinski definition) is 1. The molecule has 32 heavy (non-hydrogen) atoms. The van der Waals surface area contributed by atoms with Gasteiger partial charge in [0.1, 0.15) is 0 Å². The molecule has 178 valence electrons. The van der Waals surface area contributed by atoms with Crippen LogP contribution in [0.25, 0.3) is 0 Å². The Morgan fingerprint density at radius 3 is 2.22 bits per heavy atom. The minimum Gasteiger partial charge on any atom is -0.493 e. The molecule has 1 heterocycles. The molecule has 0 saturated heterocycles. The maximum Gasteiger partial charge on any atom is 0.240 e. The number of sulfonamides is 1. The van der Waals surface area contributed by atoms with E-state index in [-0.39, 0.29) is 12.4 Å². The fourth-order valence-corrected chi connectivity index (χ4v) is 4.99. The number of hydrogen-bond acceptors (Lipinski definition) is 5. The number of halogens is 1. The molecule has 0 bridgehead atoms. The van der Waals surface area contributed by atoms with Crippen LogP contribution in [0.2, 0.25) is 0 Å². The maximum absolute atomic E-state index is 12.5. The molecule has 1 aliphatic rings. The van der Waals surface area contributed by atoms with Gasteiger partial charge in [-0.1, -0.05) is 26.0 Å². The van der Waals surface area contributed by atoms with Gasteiger partial charge in [-0.15, -0.1) is 12.4 Å². The van der Waals surface area contributed by atoms with Crippen molar-refractivity contribution >= 4 is 22.4 Å². The quantitative estimate of drug-likeness (QED) is 0.509. The van der Waals surface area contributed by atoms with Crippen molar-refractivity contribution in [1.82, 2.24) is 9.62 Å². The lowest BCUT2D eigenvalue weighted by Crippen LogP contribution is -2.32. The van der Waals surface area contributed by atoms with Crippen LogP contribution in [-0.4, -0.2) is 47.2 Å². The van der Waals surface area contributed by atoms with Gasteiger partial charge in [-0.3, -0.25) is 4.90 Å². The van der Waals surface area contributed by atoms with Gasteiger partial charge in [0.2, 0.25) is 10.0 Å². The van der Waals surface area contributed by atoms with Crippen molar-refractivity contribution in [2.75, 3.05) is 33.9 Å². The first-order valence-electron chi connectivity index (χ1n) is 10.9. The van der Waals surface area contributed by atoms with E-state index in [1.54, 1.807) is 26.4 Å². The number of nitrogens with zero attached hydrogens (tertiary/aromatic N) is 1. The first-order chi connectivity index (χ1) is 14.8. The van der Waals surface area contributed by atoms with E-state index in [0.717, 1.165) is 56.0 Å². The van der Waals surface area contributed by atoms with Crippen LogP contribution in [-0.2, 0) is 23.0 Å². The standard InChI is InChI=1S/C24H34N2O4S.ClH/c1-18(2)19-7-9-22(10-8-19)31(27,28)25-12-5-6-13-26-14-11-20-15-23(29-3)24(30-4)16-21(20)17-26;/h7-10,15-16,18,25H,5-6,11-14,17H2,1-4H3;1H. The van der Waals surface area contributed by atoms with Crippen molar-refractivity contribution in [2.45, 2.75) is 50.5 Å². The van der Waals surface area contributed by atoms with Gasteiger partial charge in [-0.2, -0.15) is 0 Å². The minimum absolute atomic E-state index is 0. The fourth-order valence-electron chi connectivity index (χ4n) is 3.91. The maximum atomic E-state index is 12.5. The predicted octanol–water partition coefficient (Wildman–Crippen LogP) is 4.37. The van der Waals surface area contributed by atoms with Crippen molar-refractivity contribution in [3.8, 4) is 11.5 Å². The first kappa shape index (κ1) is 26.5. The normalized spacial score (nSPS) is 14.0. The monoisotopic (exact) mass is 482 g/mol. The van der Waals surface area contributed by atoms with Gasteiger partial charge in [-0.05, 0) is 72.7 Å². The van der Waals surface area contributed by atoms with Gasteiger partial charge in [0, 0.05) is 19.6 Å². The Bertz CT molecular complexity index is 978. The highest BCUT2D eigenvalue weighted by Crippen LogP contribution is 2.33. The van der Waals surface area contributed by atoms with E-state index >= 15 is 0 Å². The predicted molar refractivity (Wildman–Crippen MR) is 131 cm³/mol. The third-order valence-electron chi connectivity index (χ3n) is 5.85. The zero-order chi connectivity index (χ0) is 22.4. The van der Waals surface area contributed by atoms with E-state index in [4.69, 9.17) is 9.47 Å². The van der Waals surface area contributed by atoms with Crippen molar-refractivity contribution < 1.29 is 17.9 Å². The summed E-state index contributed by atoms with van der Waals surface area (Å²) in [6, 6.07) is 11.3. The second-order valence-corrected chi connectivity index (χ2v) is 10.1. The Balaban J connectivity index is 0.00000363. The van der Waals surface area contributed by atoms with Crippen LogP contribution in [0.3, 0.4) is 0 Å². The van der Waals surface area contributed by atoms with Crippen molar-refractivity contribution in [1.29, 1.82) is 0 Å². The number of fused-ring (bicyclic) bond motifs is 1. The second-order valence-electron chi connectivity index (χ2n) is 8.33. The molecule has 0 saturated carbocycles. The van der Waals surface area contributed by atoms with Crippen molar-refractivity contribution in [3.05, 3.63) is 53.1 Å². The molecule has 3 rings (SSSR count). The molecule has 0 spiro atoms. The number of methoxy groups -OCH3 is 2. The number of nitrogens with one attached hydrogen (secondary N) is 1. The summed E-state index contributed by atoms with van der Waals surface area (Å²) in [5, 5.41) is 0. The molecule has 8 heteroatoms. The summed E-state index contributed by atoms with van der Waals surface area (Å²) in [5.41, 5.74) is 3.72. The zero-order valence-corrected chi connectivity index (χ0v) is 21.0. The Morgan fingerprint density at radius 1 is 1.00 bits per heavy atom. The highest BCUT2D eigenvalue weighted by Gasteiger charge is 2.19. The molecule has 0 unspecified atom stereocenters. The molecule has 6 nitrogen and oxygen atoms in total. The topological polar surface area (TPSA) is 67.9 Å². The third kappa shape index (κ3) is 6.61. The molecular weight excluding hydrogens is 448 g/mol. The van der Waals surface area contributed by atoms with Crippen molar-refractivity contribution in [2.24, 2.45) is 0 Å². The van der Waals surface area contributed by atoms with E-state index in [1.165, 1.54) is 11.1 Å². The second kappa shape index (κ2) is 11.9. The van der Waals surface area contributed by atoms with Gasteiger partial charge in [0.25, 0.3) is 0 Å². The van der Waals surface area contributed by atoms with Crippen LogP contribution in [0.5, 0.6) is 11.5 Å². The number of benzene rings is 2. The Kier molecular flexibility index (Phi) is 9.83. The summed E-state index contributed by atoms with van der Waals surface area (Å²) in [5.74, 6) is 1.93. The zero-order valence-electron chi connectivity index (χ0n) is 19.4. The van der Waals surface area contributed by atoms with Crippen LogP contribution >= 0.6 is 12.4 Å². The molecule has 2 aromatic rings. The summed E-state index contributed by atoms with van der Waals surface area (Å²) in [6.45, 7) is 7.45. The lowest BCUT2D eigenvalue weighted by Gasteiger charge is -2.29.